The molecule has 2 rings (SSSR count). The fourth-order valence-corrected chi connectivity index (χ4v) is 4.15. The van der Waals surface area contributed by atoms with Crippen molar-refractivity contribution in [1.29, 1.82) is 0 Å². The Morgan fingerprint density at radius 3 is 2.87 bits per heavy atom. The smallest absolute Gasteiger partial charge is 0.317 e. The molecule has 1 aliphatic rings. The van der Waals surface area contributed by atoms with Gasteiger partial charge in [-0.2, -0.15) is 0 Å². The molecule has 128 valence electrons. The Morgan fingerprint density at radius 1 is 1.48 bits per heavy atom. The van der Waals surface area contributed by atoms with Crippen molar-refractivity contribution in [3.05, 3.63) is 34.6 Å². The minimum atomic E-state index is -3.06. The summed E-state index contributed by atoms with van der Waals surface area (Å²) in [6.07, 6.45) is 2.75. The van der Waals surface area contributed by atoms with Gasteiger partial charge >= 0.3 is 6.03 Å². The third-order valence-corrected chi connectivity index (χ3v) is 5.25. The lowest BCUT2D eigenvalue weighted by Gasteiger charge is -2.32. The molecule has 1 heterocycles. The molecule has 0 saturated carbocycles. The van der Waals surface area contributed by atoms with Gasteiger partial charge in [0.1, 0.15) is 15.7 Å². The molecule has 1 aromatic rings. The molecule has 0 radical (unpaired) electrons. The number of likely N-dealkylation sites (tertiary alicyclic amines) is 1. The summed E-state index contributed by atoms with van der Waals surface area (Å²) < 4.78 is 36.4. The van der Waals surface area contributed by atoms with Crippen LogP contribution in [0.15, 0.2) is 18.2 Å². The summed E-state index contributed by atoms with van der Waals surface area (Å²) in [4.78, 5) is 13.8. The van der Waals surface area contributed by atoms with Crippen molar-refractivity contribution in [3.63, 3.8) is 0 Å². The largest absolute Gasteiger partial charge is 0.334 e. The number of carbonyl (C=O) groups excluding carboxylic acids is 1. The van der Waals surface area contributed by atoms with Crippen molar-refractivity contribution in [2.24, 2.45) is 5.92 Å². The number of hydrogen-bond donors (Lipinski definition) is 1. The maximum absolute atomic E-state index is 13.7. The van der Waals surface area contributed by atoms with Crippen LogP contribution in [-0.2, 0) is 16.4 Å². The van der Waals surface area contributed by atoms with Gasteiger partial charge in [0.05, 0.1) is 5.75 Å². The predicted octanol–water partition coefficient (Wildman–Crippen LogP) is 2.45. The van der Waals surface area contributed by atoms with Crippen LogP contribution in [0.25, 0.3) is 0 Å². The van der Waals surface area contributed by atoms with Gasteiger partial charge in [-0.05, 0) is 30.9 Å². The standard InChI is InChI=1S/C15H20ClFN2O3S/c1-23(21,22)10-11-4-3-7-19(9-11)15(20)18-8-12-13(16)5-2-6-14(12)17/h2,5-6,11H,3-4,7-10H2,1H3,(H,18,20)/t11-/m1/s1. The summed E-state index contributed by atoms with van der Waals surface area (Å²) >= 11 is 5.92. The summed E-state index contributed by atoms with van der Waals surface area (Å²) in [5.74, 6) is -0.441. The number of amides is 2. The molecule has 1 fully saturated rings. The molecule has 5 nitrogen and oxygen atoms in total. The van der Waals surface area contributed by atoms with Crippen LogP contribution in [0, 0.1) is 11.7 Å². The maximum Gasteiger partial charge on any atom is 0.317 e. The van der Waals surface area contributed by atoms with Gasteiger partial charge in [-0.15, -0.1) is 0 Å². The molecular formula is C15H20ClFN2O3S. The normalized spacial score (nSPS) is 18.7. The molecule has 1 atom stereocenters. The second-order valence-electron chi connectivity index (χ2n) is 5.91. The Labute approximate surface area is 140 Å². The van der Waals surface area contributed by atoms with Gasteiger partial charge in [0.15, 0.2) is 0 Å². The molecule has 0 bridgehead atoms. The fraction of sp³-hybridized carbons (Fsp3) is 0.533. The Balaban J connectivity index is 1.93. The van der Waals surface area contributed by atoms with E-state index in [0.29, 0.717) is 13.1 Å². The minimum absolute atomic E-state index is 0.00240. The van der Waals surface area contributed by atoms with Gasteiger partial charge in [-0.3, -0.25) is 0 Å². The van der Waals surface area contributed by atoms with Gasteiger partial charge in [0.2, 0.25) is 0 Å². The maximum atomic E-state index is 13.7. The number of halogens is 2. The highest BCUT2D eigenvalue weighted by Crippen LogP contribution is 2.20. The molecule has 23 heavy (non-hydrogen) atoms. The van der Waals surface area contributed by atoms with Crippen LogP contribution in [0.1, 0.15) is 18.4 Å². The first kappa shape index (κ1) is 18.0. The van der Waals surface area contributed by atoms with Crippen molar-refractivity contribution < 1.29 is 17.6 Å². The Kier molecular flexibility index (Phi) is 5.86. The number of rotatable bonds is 4. The lowest BCUT2D eigenvalue weighted by molar-refractivity contribution is 0.170. The average Bonchev–Trinajstić information content (AvgIpc) is 2.45. The van der Waals surface area contributed by atoms with E-state index in [0.717, 1.165) is 12.8 Å². The lowest BCUT2D eigenvalue weighted by Crippen LogP contribution is -2.46. The van der Waals surface area contributed by atoms with Crippen LogP contribution >= 0.6 is 11.6 Å². The van der Waals surface area contributed by atoms with Crippen molar-refractivity contribution in [2.75, 3.05) is 25.1 Å². The quantitative estimate of drug-likeness (QED) is 0.894. The molecule has 1 aromatic carbocycles. The van der Waals surface area contributed by atoms with Crippen LogP contribution in [0.5, 0.6) is 0 Å². The van der Waals surface area contributed by atoms with E-state index in [4.69, 9.17) is 11.6 Å². The molecule has 0 aromatic heterocycles. The topological polar surface area (TPSA) is 66.5 Å². The number of benzene rings is 1. The molecular weight excluding hydrogens is 343 g/mol. The number of nitrogens with one attached hydrogen (secondary N) is 1. The van der Waals surface area contributed by atoms with E-state index >= 15 is 0 Å². The third-order valence-electron chi connectivity index (χ3n) is 3.82. The van der Waals surface area contributed by atoms with Crippen LogP contribution in [0.3, 0.4) is 0 Å². The Morgan fingerprint density at radius 2 is 2.22 bits per heavy atom. The van der Waals surface area contributed by atoms with Crippen LogP contribution in [-0.4, -0.2) is 44.4 Å². The predicted molar refractivity (Wildman–Crippen MR) is 87.7 cm³/mol. The summed E-state index contributed by atoms with van der Waals surface area (Å²) in [7, 11) is -3.06. The van der Waals surface area contributed by atoms with E-state index in [1.54, 1.807) is 11.0 Å². The Bertz CT molecular complexity index is 661. The molecule has 0 unspecified atom stereocenters. The summed E-state index contributed by atoms with van der Waals surface area (Å²) in [6, 6.07) is 4.03. The third kappa shape index (κ3) is 5.35. The zero-order valence-corrected chi connectivity index (χ0v) is 14.5. The molecule has 2 amide bonds. The van der Waals surface area contributed by atoms with Crippen LogP contribution in [0.2, 0.25) is 5.02 Å². The zero-order valence-electron chi connectivity index (χ0n) is 12.9. The van der Waals surface area contributed by atoms with Crippen molar-refractivity contribution in [3.8, 4) is 0 Å². The van der Waals surface area contributed by atoms with Gasteiger partial charge in [-0.25, -0.2) is 17.6 Å². The highest BCUT2D eigenvalue weighted by atomic mass is 35.5. The molecule has 0 spiro atoms. The van der Waals surface area contributed by atoms with E-state index in [1.807, 2.05) is 0 Å². The van der Waals surface area contributed by atoms with E-state index in [1.165, 1.54) is 18.4 Å². The number of hydrogen-bond acceptors (Lipinski definition) is 3. The Hall–Kier alpha value is -1.34. The number of piperidine rings is 1. The SMILES string of the molecule is CS(=O)(=O)C[C@@H]1CCCN(C(=O)NCc2c(F)cccc2Cl)C1. The minimum Gasteiger partial charge on any atom is -0.334 e. The van der Waals surface area contributed by atoms with Crippen LogP contribution in [0.4, 0.5) is 9.18 Å². The molecule has 8 heteroatoms. The monoisotopic (exact) mass is 362 g/mol. The van der Waals surface area contributed by atoms with Crippen molar-refractivity contribution >= 4 is 27.5 Å². The average molecular weight is 363 g/mol. The van der Waals surface area contributed by atoms with E-state index < -0.39 is 15.7 Å². The highest BCUT2D eigenvalue weighted by molar-refractivity contribution is 7.90. The second kappa shape index (κ2) is 7.49. The highest BCUT2D eigenvalue weighted by Gasteiger charge is 2.26. The van der Waals surface area contributed by atoms with E-state index in [-0.39, 0.29) is 34.8 Å². The summed E-state index contributed by atoms with van der Waals surface area (Å²) in [5.41, 5.74) is 0.243. The van der Waals surface area contributed by atoms with Gasteiger partial charge in [0, 0.05) is 36.5 Å². The molecule has 1 saturated heterocycles. The zero-order chi connectivity index (χ0) is 17.0. The van der Waals surface area contributed by atoms with Gasteiger partial charge in [-0.1, -0.05) is 17.7 Å². The first-order valence-electron chi connectivity index (χ1n) is 7.39. The van der Waals surface area contributed by atoms with Gasteiger partial charge < -0.3 is 10.2 Å². The molecule has 1 N–H and O–H groups in total. The molecule has 1 aliphatic heterocycles. The number of nitrogens with zero attached hydrogens (tertiary/aromatic N) is 1. The van der Waals surface area contributed by atoms with E-state index in [9.17, 15) is 17.6 Å². The number of carbonyl (C=O) groups is 1. The van der Waals surface area contributed by atoms with Crippen molar-refractivity contribution in [1.82, 2.24) is 10.2 Å². The molecule has 0 aliphatic carbocycles. The lowest BCUT2D eigenvalue weighted by atomic mass is 10.0. The first-order valence-corrected chi connectivity index (χ1v) is 9.83. The van der Waals surface area contributed by atoms with E-state index in [2.05, 4.69) is 5.32 Å². The first-order chi connectivity index (χ1) is 10.8. The number of urea groups is 1. The van der Waals surface area contributed by atoms with Crippen LogP contribution < -0.4 is 5.32 Å². The number of sulfone groups is 1. The second-order valence-corrected chi connectivity index (χ2v) is 8.50. The van der Waals surface area contributed by atoms with Crippen molar-refractivity contribution in [2.45, 2.75) is 19.4 Å². The summed E-state index contributed by atoms with van der Waals surface area (Å²) in [6.45, 7) is 0.957. The summed E-state index contributed by atoms with van der Waals surface area (Å²) in [5, 5.41) is 2.91. The van der Waals surface area contributed by atoms with Gasteiger partial charge in [0.25, 0.3) is 0 Å². The fourth-order valence-electron chi connectivity index (χ4n) is 2.79.